The lowest BCUT2D eigenvalue weighted by Gasteiger charge is -2.01. The average Bonchev–Trinajstić information content (AvgIpc) is 2.30. The van der Waals surface area contributed by atoms with Gasteiger partial charge in [-0.05, 0) is 30.0 Å². The molecular weight excluding hydrogens is 222 g/mol. The molecule has 2 rings (SSSR count). The van der Waals surface area contributed by atoms with Crippen LogP contribution in [0.25, 0.3) is 0 Å². The highest BCUT2D eigenvalue weighted by atomic mass is 32.2. The molecule has 2 heterocycles. The lowest BCUT2D eigenvalue weighted by Crippen LogP contribution is -2.10. The van der Waals surface area contributed by atoms with Crippen LogP contribution in [0.5, 0.6) is 0 Å². The third kappa shape index (κ3) is 2.54. The number of amidine groups is 1. The Kier molecular flexibility index (Phi) is 3.11. The fraction of sp³-hybridized carbons (Fsp3) is 0. The molecule has 0 aliphatic rings. The third-order valence-electron chi connectivity index (χ3n) is 1.81. The minimum atomic E-state index is 0.0342. The van der Waals surface area contributed by atoms with Crippen LogP contribution in [0.3, 0.4) is 0 Å². The quantitative estimate of drug-likeness (QED) is 0.472. The molecule has 5 nitrogen and oxygen atoms in total. The smallest absolute Gasteiger partial charge is 0.122 e. The Morgan fingerprint density at radius 2 is 2.06 bits per heavy atom. The molecule has 0 bridgehead atoms. The summed E-state index contributed by atoms with van der Waals surface area (Å²) in [4.78, 5) is 12.1. The van der Waals surface area contributed by atoms with E-state index < -0.39 is 0 Å². The van der Waals surface area contributed by atoms with Gasteiger partial charge in [-0.2, -0.15) is 0 Å². The van der Waals surface area contributed by atoms with Crippen LogP contribution in [-0.2, 0) is 0 Å². The van der Waals surface area contributed by atoms with E-state index in [-0.39, 0.29) is 5.84 Å². The highest BCUT2D eigenvalue weighted by molar-refractivity contribution is 7.99. The van der Waals surface area contributed by atoms with Gasteiger partial charge in [-0.25, -0.2) is 15.0 Å². The Bertz CT molecular complexity index is 500. The molecule has 0 fully saturated rings. The summed E-state index contributed by atoms with van der Waals surface area (Å²) in [7, 11) is 0. The Labute approximate surface area is 96.7 Å². The number of nitrogen functional groups attached to an aromatic ring is 1. The zero-order valence-corrected chi connectivity index (χ0v) is 9.11. The summed E-state index contributed by atoms with van der Waals surface area (Å²) in [5.41, 5.74) is 6.06. The van der Waals surface area contributed by atoms with Crippen molar-refractivity contribution >= 4 is 17.6 Å². The molecule has 0 aromatic carbocycles. The molecule has 0 unspecified atom stereocenters. The summed E-state index contributed by atoms with van der Waals surface area (Å²) in [5, 5.41) is 8.89. The normalized spacial score (nSPS) is 10.0. The second-order valence-electron chi connectivity index (χ2n) is 2.95. The molecule has 0 atom stereocenters. The maximum Gasteiger partial charge on any atom is 0.122 e. The lowest BCUT2D eigenvalue weighted by molar-refractivity contribution is 1.04. The number of pyridine rings is 1. The highest BCUT2D eigenvalue weighted by Gasteiger charge is 2.02. The summed E-state index contributed by atoms with van der Waals surface area (Å²) in [6, 6.07) is 5.26. The highest BCUT2D eigenvalue weighted by Crippen LogP contribution is 2.23. The number of hydrogen-bond acceptors (Lipinski definition) is 5. The number of nitrogens with zero attached hydrogens (tertiary/aromatic N) is 3. The molecule has 6 heteroatoms. The van der Waals surface area contributed by atoms with Gasteiger partial charge in [0.1, 0.15) is 22.2 Å². The van der Waals surface area contributed by atoms with Crippen LogP contribution < -0.4 is 5.73 Å². The van der Waals surface area contributed by atoms with Crippen molar-refractivity contribution in [2.75, 3.05) is 0 Å². The van der Waals surface area contributed by atoms with E-state index in [1.165, 1.54) is 18.1 Å². The Balaban J connectivity index is 2.22. The van der Waals surface area contributed by atoms with E-state index in [0.717, 1.165) is 10.1 Å². The molecule has 0 aliphatic carbocycles. The van der Waals surface area contributed by atoms with Crippen LogP contribution in [0.1, 0.15) is 5.56 Å². The molecule has 80 valence electrons. The van der Waals surface area contributed by atoms with E-state index in [9.17, 15) is 0 Å². The van der Waals surface area contributed by atoms with Crippen molar-refractivity contribution in [1.82, 2.24) is 15.0 Å². The summed E-state index contributed by atoms with van der Waals surface area (Å²) >= 11 is 1.40. The van der Waals surface area contributed by atoms with Gasteiger partial charge in [0.25, 0.3) is 0 Å². The maximum atomic E-state index is 7.33. The van der Waals surface area contributed by atoms with E-state index in [1.54, 1.807) is 30.6 Å². The Morgan fingerprint density at radius 1 is 1.19 bits per heavy atom. The lowest BCUT2D eigenvalue weighted by atomic mass is 10.2. The van der Waals surface area contributed by atoms with E-state index >= 15 is 0 Å². The molecule has 0 saturated heterocycles. The first-order valence-electron chi connectivity index (χ1n) is 4.50. The zero-order valence-electron chi connectivity index (χ0n) is 8.29. The summed E-state index contributed by atoms with van der Waals surface area (Å²) in [6.45, 7) is 0. The van der Waals surface area contributed by atoms with E-state index in [0.29, 0.717) is 5.56 Å². The zero-order chi connectivity index (χ0) is 11.4. The first kappa shape index (κ1) is 10.6. The predicted octanol–water partition coefficient (Wildman–Crippen LogP) is 1.31. The molecule has 0 radical (unpaired) electrons. The van der Waals surface area contributed by atoms with Crippen molar-refractivity contribution in [2.45, 2.75) is 10.1 Å². The molecule has 0 amide bonds. The van der Waals surface area contributed by atoms with E-state index in [4.69, 9.17) is 11.1 Å². The first-order chi connectivity index (χ1) is 7.75. The monoisotopic (exact) mass is 231 g/mol. The van der Waals surface area contributed by atoms with Crippen molar-refractivity contribution in [3.8, 4) is 0 Å². The number of hydrogen-bond donors (Lipinski definition) is 2. The van der Waals surface area contributed by atoms with Gasteiger partial charge < -0.3 is 5.73 Å². The topological polar surface area (TPSA) is 88.5 Å². The van der Waals surface area contributed by atoms with Gasteiger partial charge >= 0.3 is 0 Å². The third-order valence-corrected chi connectivity index (χ3v) is 2.69. The fourth-order valence-electron chi connectivity index (χ4n) is 1.08. The van der Waals surface area contributed by atoms with Crippen molar-refractivity contribution in [3.63, 3.8) is 0 Å². The molecular formula is C10H9N5S. The van der Waals surface area contributed by atoms with Gasteiger partial charge in [-0.3, -0.25) is 5.41 Å². The van der Waals surface area contributed by atoms with Gasteiger partial charge in [0.2, 0.25) is 0 Å². The Morgan fingerprint density at radius 3 is 2.75 bits per heavy atom. The predicted molar refractivity (Wildman–Crippen MR) is 61.4 cm³/mol. The first-order valence-corrected chi connectivity index (χ1v) is 5.31. The molecule has 0 aliphatic heterocycles. The summed E-state index contributed by atoms with van der Waals surface area (Å²) < 4.78 is 0. The molecule has 16 heavy (non-hydrogen) atoms. The van der Waals surface area contributed by atoms with Gasteiger partial charge in [-0.15, -0.1) is 0 Å². The molecule has 0 saturated carbocycles. The van der Waals surface area contributed by atoms with Crippen LogP contribution in [0.15, 0.2) is 47.0 Å². The molecule has 2 aromatic heterocycles. The molecule has 3 N–H and O–H groups in total. The van der Waals surface area contributed by atoms with Crippen molar-refractivity contribution in [3.05, 3.63) is 42.5 Å². The number of aromatic nitrogens is 3. The van der Waals surface area contributed by atoms with Crippen molar-refractivity contribution < 1.29 is 0 Å². The van der Waals surface area contributed by atoms with Crippen LogP contribution in [0, 0.1) is 5.41 Å². The second kappa shape index (κ2) is 4.71. The SMILES string of the molecule is N=C(N)c1ccnc(Sc2ccncn2)c1. The molecule has 0 spiro atoms. The van der Waals surface area contributed by atoms with Crippen LogP contribution >= 0.6 is 11.8 Å². The van der Waals surface area contributed by atoms with Crippen LogP contribution in [0.4, 0.5) is 0 Å². The minimum absolute atomic E-state index is 0.0342. The van der Waals surface area contributed by atoms with Crippen molar-refractivity contribution in [1.29, 1.82) is 5.41 Å². The second-order valence-corrected chi connectivity index (χ2v) is 3.99. The maximum absolute atomic E-state index is 7.33. The minimum Gasteiger partial charge on any atom is -0.384 e. The summed E-state index contributed by atoms with van der Waals surface area (Å²) in [5.74, 6) is 0.0342. The Hall–Kier alpha value is -1.95. The van der Waals surface area contributed by atoms with Gasteiger partial charge in [0, 0.05) is 18.0 Å². The fourth-order valence-corrected chi connectivity index (χ4v) is 1.82. The van der Waals surface area contributed by atoms with E-state index in [2.05, 4.69) is 15.0 Å². The number of rotatable bonds is 3. The largest absolute Gasteiger partial charge is 0.384 e. The average molecular weight is 231 g/mol. The number of nitrogens with one attached hydrogen (secondary N) is 1. The summed E-state index contributed by atoms with van der Waals surface area (Å²) in [6.07, 6.45) is 4.78. The van der Waals surface area contributed by atoms with Gasteiger partial charge in [0.05, 0.1) is 0 Å². The van der Waals surface area contributed by atoms with Crippen LogP contribution in [0.2, 0.25) is 0 Å². The molecule has 2 aromatic rings. The van der Waals surface area contributed by atoms with Crippen LogP contribution in [-0.4, -0.2) is 20.8 Å². The number of nitrogens with two attached hydrogens (primary N) is 1. The van der Waals surface area contributed by atoms with Gasteiger partial charge in [0.15, 0.2) is 0 Å². The standard InChI is InChI=1S/C10H9N5S/c11-10(12)7-1-4-14-9(5-7)16-8-2-3-13-6-15-8/h1-6H,(H3,11,12). The van der Waals surface area contributed by atoms with E-state index in [1.807, 2.05) is 0 Å². The van der Waals surface area contributed by atoms with Gasteiger partial charge in [-0.1, -0.05) is 0 Å². The van der Waals surface area contributed by atoms with Crippen molar-refractivity contribution in [2.24, 2.45) is 5.73 Å².